The van der Waals surface area contributed by atoms with Crippen molar-refractivity contribution in [3.8, 4) is 11.3 Å². The van der Waals surface area contributed by atoms with Gasteiger partial charge in [0.1, 0.15) is 5.01 Å². The van der Waals surface area contributed by atoms with Crippen molar-refractivity contribution in [2.24, 2.45) is 0 Å². The van der Waals surface area contributed by atoms with Crippen LogP contribution in [0.2, 0.25) is 0 Å². The van der Waals surface area contributed by atoms with Crippen LogP contribution in [0.5, 0.6) is 0 Å². The molecule has 1 aliphatic heterocycles. The van der Waals surface area contributed by atoms with Crippen LogP contribution < -0.4 is 5.32 Å². The maximum atomic E-state index is 4.75. The molecule has 0 radical (unpaired) electrons. The summed E-state index contributed by atoms with van der Waals surface area (Å²) in [7, 11) is 0. The largest absolute Gasteiger partial charge is 0.314 e. The molecule has 1 N–H and O–H groups in total. The van der Waals surface area contributed by atoms with Crippen LogP contribution in [0.4, 0.5) is 0 Å². The summed E-state index contributed by atoms with van der Waals surface area (Å²) in [5, 5.41) is 6.74. The van der Waals surface area contributed by atoms with Gasteiger partial charge in [0.15, 0.2) is 0 Å². The number of hydrogen-bond donors (Lipinski definition) is 1. The maximum absolute atomic E-state index is 4.75. The number of hydrogen-bond acceptors (Lipinski definition) is 4. The molecule has 5 heteroatoms. The van der Waals surface area contributed by atoms with Crippen molar-refractivity contribution in [1.82, 2.24) is 15.2 Å². The van der Waals surface area contributed by atoms with Crippen molar-refractivity contribution < 1.29 is 0 Å². The Kier molecular flexibility index (Phi) is 4.28. The Morgan fingerprint density at radius 1 is 1.21 bits per heavy atom. The molecular formula is C14H16BrN3S. The monoisotopic (exact) mass is 337 g/mol. The van der Waals surface area contributed by atoms with Crippen molar-refractivity contribution in [1.29, 1.82) is 0 Å². The number of piperazine rings is 1. The van der Waals surface area contributed by atoms with Gasteiger partial charge in [-0.1, -0.05) is 28.1 Å². The Morgan fingerprint density at radius 2 is 1.95 bits per heavy atom. The van der Waals surface area contributed by atoms with Crippen LogP contribution in [0, 0.1) is 0 Å². The minimum absolute atomic E-state index is 0.975. The first kappa shape index (κ1) is 13.2. The average molecular weight is 338 g/mol. The quantitative estimate of drug-likeness (QED) is 0.933. The van der Waals surface area contributed by atoms with E-state index in [1.165, 1.54) is 10.6 Å². The van der Waals surface area contributed by atoms with E-state index < -0.39 is 0 Å². The summed E-state index contributed by atoms with van der Waals surface area (Å²) in [6.07, 6.45) is 0. The first-order valence-corrected chi connectivity index (χ1v) is 8.12. The van der Waals surface area contributed by atoms with Crippen LogP contribution in [0.15, 0.2) is 34.1 Å². The fourth-order valence-electron chi connectivity index (χ4n) is 2.20. The minimum Gasteiger partial charge on any atom is -0.314 e. The van der Waals surface area contributed by atoms with Crippen molar-refractivity contribution in [3.05, 3.63) is 39.1 Å². The first-order valence-electron chi connectivity index (χ1n) is 6.45. The van der Waals surface area contributed by atoms with E-state index in [0.29, 0.717) is 0 Å². The highest BCUT2D eigenvalue weighted by atomic mass is 79.9. The number of aromatic nitrogens is 1. The number of nitrogens with one attached hydrogen (secondary N) is 1. The topological polar surface area (TPSA) is 28.2 Å². The van der Waals surface area contributed by atoms with Crippen LogP contribution >= 0.6 is 27.3 Å². The van der Waals surface area contributed by atoms with Crippen LogP contribution in [-0.2, 0) is 6.54 Å². The molecule has 3 rings (SSSR count). The zero-order valence-corrected chi connectivity index (χ0v) is 13.0. The Labute approximate surface area is 125 Å². The van der Waals surface area contributed by atoms with E-state index in [9.17, 15) is 0 Å². The SMILES string of the molecule is Brc1ccc(-c2csc(CN3CCNCC3)n2)cc1. The highest BCUT2D eigenvalue weighted by Gasteiger charge is 2.12. The Hall–Kier alpha value is -0.750. The molecule has 2 aromatic rings. The maximum Gasteiger partial charge on any atom is 0.107 e. The first-order chi connectivity index (χ1) is 9.31. The van der Waals surface area contributed by atoms with Gasteiger partial charge in [-0.2, -0.15) is 0 Å². The van der Waals surface area contributed by atoms with Gasteiger partial charge in [0.2, 0.25) is 0 Å². The fraction of sp³-hybridized carbons (Fsp3) is 0.357. The molecule has 1 aromatic heterocycles. The molecule has 0 bridgehead atoms. The third-order valence-corrected chi connectivity index (χ3v) is 4.62. The molecule has 0 saturated carbocycles. The molecule has 0 aliphatic carbocycles. The van der Waals surface area contributed by atoms with E-state index in [1.807, 2.05) is 0 Å². The fourth-order valence-corrected chi connectivity index (χ4v) is 3.31. The lowest BCUT2D eigenvalue weighted by Gasteiger charge is -2.26. The lowest BCUT2D eigenvalue weighted by atomic mass is 10.2. The Bertz CT molecular complexity index is 532. The molecule has 0 atom stereocenters. The van der Waals surface area contributed by atoms with Crippen molar-refractivity contribution >= 4 is 27.3 Å². The second-order valence-corrected chi connectivity index (χ2v) is 6.52. The molecule has 0 unspecified atom stereocenters. The standard InChI is InChI=1S/C14H16BrN3S/c15-12-3-1-11(2-4-12)13-10-19-14(17-13)9-18-7-5-16-6-8-18/h1-4,10,16H,5-9H2. The van der Waals surface area contributed by atoms with E-state index in [0.717, 1.165) is 42.9 Å². The van der Waals surface area contributed by atoms with Crippen LogP contribution in [-0.4, -0.2) is 36.1 Å². The van der Waals surface area contributed by atoms with Gasteiger partial charge in [-0.25, -0.2) is 4.98 Å². The van der Waals surface area contributed by atoms with Gasteiger partial charge in [0.05, 0.1) is 12.2 Å². The van der Waals surface area contributed by atoms with E-state index in [-0.39, 0.29) is 0 Å². The van der Waals surface area contributed by atoms with Gasteiger partial charge in [-0.3, -0.25) is 4.90 Å². The van der Waals surface area contributed by atoms with Gasteiger partial charge in [-0.05, 0) is 12.1 Å². The van der Waals surface area contributed by atoms with E-state index in [1.54, 1.807) is 11.3 Å². The number of thiazole rings is 1. The second kappa shape index (κ2) is 6.13. The van der Waals surface area contributed by atoms with Crippen molar-refractivity contribution in [2.45, 2.75) is 6.54 Å². The number of rotatable bonds is 3. The van der Waals surface area contributed by atoms with Crippen LogP contribution in [0.25, 0.3) is 11.3 Å². The van der Waals surface area contributed by atoms with Crippen molar-refractivity contribution in [3.63, 3.8) is 0 Å². The Balaban J connectivity index is 1.70. The number of halogens is 1. The van der Waals surface area contributed by atoms with E-state index in [2.05, 4.69) is 55.8 Å². The van der Waals surface area contributed by atoms with E-state index >= 15 is 0 Å². The molecule has 2 heterocycles. The summed E-state index contributed by atoms with van der Waals surface area (Å²) in [5.41, 5.74) is 2.27. The smallest absolute Gasteiger partial charge is 0.107 e. The van der Waals surface area contributed by atoms with Crippen molar-refractivity contribution in [2.75, 3.05) is 26.2 Å². The molecule has 3 nitrogen and oxygen atoms in total. The summed E-state index contributed by atoms with van der Waals surface area (Å²) < 4.78 is 1.10. The molecule has 1 saturated heterocycles. The predicted molar refractivity (Wildman–Crippen MR) is 83.4 cm³/mol. The molecule has 0 amide bonds. The van der Waals surface area contributed by atoms with Gasteiger partial charge in [0, 0.05) is 41.6 Å². The summed E-state index contributed by atoms with van der Waals surface area (Å²) >= 11 is 5.22. The highest BCUT2D eigenvalue weighted by Crippen LogP contribution is 2.24. The number of benzene rings is 1. The minimum atomic E-state index is 0.975. The molecule has 1 fully saturated rings. The third-order valence-electron chi connectivity index (χ3n) is 3.26. The lowest BCUT2D eigenvalue weighted by molar-refractivity contribution is 0.233. The molecule has 1 aliphatic rings. The molecule has 100 valence electrons. The predicted octanol–water partition coefficient (Wildman–Crippen LogP) is 2.98. The molecular weight excluding hydrogens is 322 g/mol. The second-order valence-electron chi connectivity index (χ2n) is 4.66. The van der Waals surface area contributed by atoms with Crippen LogP contribution in [0.3, 0.4) is 0 Å². The summed E-state index contributed by atoms with van der Waals surface area (Å²) in [4.78, 5) is 7.20. The third kappa shape index (κ3) is 3.42. The zero-order chi connectivity index (χ0) is 13.1. The average Bonchev–Trinajstić information content (AvgIpc) is 2.89. The van der Waals surface area contributed by atoms with Gasteiger partial charge < -0.3 is 5.32 Å². The molecule has 0 spiro atoms. The Morgan fingerprint density at radius 3 is 2.68 bits per heavy atom. The van der Waals surface area contributed by atoms with Gasteiger partial charge in [0.25, 0.3) is 0 Å². The van der Waals surface area contributed by atoms with Crippen LogP contribution in [0.1, 0.15) is 5.01 Å². The van der Waals surface area contributed by atoms with Gasteiger partial charge in [-0.15, -0.1) is 11.3 Å². The summed E-state index contributed by atoms with van der Waals surface area (Å²) in [6, 6.07) is 8.33. The highest BCUT2D eigenvalue weighted by molar-refractivity contribution is 9.10. The summed E-state index contributed by atoms with van der Waals surface area (Å²) in [5.74, 6) is 0. The normalized spacial score (nSPS) is 16.7. The number of nitrogens with zero attached hydrogens (tertiary/aromatic N) is 2. The summed E-state index contributed by atoms with van der Waals surface area (Å²) in [6.45, 7) is 5.39. The zero-order valence-electron chi connectivity index (χ0n) is 10.6. The van der Waals surface area contributed by atoms with Gasteiger partial charge >= 0.3 is 0 Å². The lowest BCUT2D eigenvalue weighted by Crippen LogP contribution is -2.42. The van der Waals surface area contributed by atoms with E-state index in [4.69, 9.17) is 4.98 Å². The molecule has 1 aromatic carbocycles. The molecule has 19 heavy (non-hydrogen) atoms.